The number of ether oxygens (including phenoxy) is 2. The molecule has 0 saturated carbocycles. The molecule has 0 radical (unpaired) electrons. The summed E-state index contributed by atoms with van der Waals surface area (Å²) < 4.78 is 10.6. The standard InChI is InChI=1S/C21H27N3O2S/c1-25-19-9-7-17(8-10-19)16-23-11-13-24(14-12-23)21(27)22-15-18-5-3-4-6-20(18)26-2/h3-10H,11-16H2,1-2H3,(H,22,27). The molecule has 2 aromatic carbocycles. The number of benzene rings is 2. The molecule has 0 bridgehead atoms. The molecule has 0 unspecified atom stereocenters. The van der Waals surface area contributed by atoms with Crippen molar-refractivity contribution in [3.8, 4) is 11.5 Å². The Hall–Kier alpha value is -2.31. The molecular formula is C21H27N3O2S. The van der Waals surface area contributed by atoms with E-state index in [1.807, 2.05) is 30.3 Å². The Bertz CT molecular complexity index is 743. The third kappa shape index (κ3) is 5.34. The van der Waals surface area contributed by atoms with Crippen molar-refractivity contribution in [2.45, 2.75) is 13.1 Å². The molecule has 1 aliphatic heterocycles. The number of nitrogens with zero attached hydrogens (tertiary/aromatic N) is 2. The molecule has 1 N–H and O–H groups in total. The molecule has 144 valence electrons. The summed E-state index contributed by atoms with van der Waals surface area (Å²) in [6.07, 6.45) is 0. The Kier molecular flexibility index (Phi) is 6.90. The molecule has 5 nitrogen and oxygen atoms in total. The van der Waals surface area contributed by atoms with Gasteiger partial charge in [-0.1, -0.05) is 30.3 Å². The first-order valence-electron chi connectivity index (χ1n) is 9.19. The van der Waals surface area contributed by atoms with Crippen LogP contribution in [-0.4, -0.2) is 55.3 Å². The van der Waals surface area contributed by atoms with Crippen molar-refractivity contribution in [1.29, 1.82) is 0 Å². The maximum atomic E-state index is 5.59. The lowest BCUT2D eigenvalue weighted by molar-refractivity contribution is 0.174. The SMILES string of the molecule is COc1ccc(CN2CCN(C(=S)NCc3ccccc3OC)CC2)cc1. The van der Waals surface area contributed by atoms with Crippen molar-refractivity contribution >= 4 is 17.3 Å². The van der Waals surface area contributed by atoms with Crippen LogP contribution in [0.3, 0.4) is 0 Å². The molecular weight excluding hydrogens is 358 g/mol. The van der Waals surface area contributed by atoms with E-state index in [1.165, 1.54) is 5.56 Å². The minimum atomic E-state index is 0.676. The van der Waals surface area contributed by atoms with E-state index in [-0.39, 0.29) is 0 Å². The van der Waals surface area contributed by atoms with Gasteiger partial charge in [0.2, 0.25) is 0 Å². The van der Waals surface area contributed by atoms with Gasteiger partial charge in [-0.2, -0.15) is 0 Å². The van der Waals surface area contributed by atoms with Gasteiger partial charge < -0.3 is 19.7 Å². The number of para-hydroxylation sites is 1. The fourth-order valence-corrected chi connectivity index (χ4v) is 3.48. The fraction of sp³-hybridized carbons (Fsp3) is 0.381. The number of rotatable bonds is 6. The first-order valence-corrected chi connectivity index (χ1v) is 9.60. The lowest BCUT2D eigenvalue weighted by Gasteiger charge is -2.36. The van der Waals surface area contributed by atoms with E-state index < -0.39 is 0 Å². The topological polar surface area (TPSA) is 37.0 Å². The van der Waals surface area contributed by atoms with E-state index in [0.717, 1.165) is 54.9 Å². The normalized spacial score (nSPS) is 14.7. The molecule has 0 spiro atoms. The molecule has 0 aliphatic carbocycles. The highest BCUT2D eigenvalue weighted by molar-refractivity contribution is 7.80. The van der Waals surface area contributed by atoms with Crippen LogP contribution in [0.25, 0.3) is 0 Å². The van der Waals surface area contributed by atoms with Gasteiger partial charge in [0.15, 0.2) is 5.11 Å². The maximum Gasteiger partial charge on any atom is 0.169 e. The summed E-state index contributed by atoms with van der Waals surface area (Å²) in [5.74, 6) is 1.78. The number of nitrogens with one attached hydrogen (secondary N) is 1. The van der Waals surface area contributed by atoms with Gasteiger partial charge >= 0.3 is 0 Å². The molecule has 1 heterocycles. The van der Waals surface area contributed by atoms with Crippen LogP contribution in [-0.2, 0) is 13.1 Å². The Morgan fingerprint density at radius 3 is 2.33 bits per heavy atom. The first kappa shape index (κ1) is 19.5. The van der Waals surface area contributed by atoms with Gasteiger partial charge in [0.1, 0.15) is 11.5 Å². The van der Waals surface area contributed by atoms with Crippen molar-refractivity contribution in [2.75, 3.05) is 40.4 Å². The molecule has 27 heavy (non-hydrogen) atoms. The molecule has 3 rings (SSSR count). The van der Waals surface area contributed by atoms with Crippen LogP contribution in [0.4, 0.5) is 0 Å². The minimum absolute atomic E-state index is 0.676. The van der Waals surface area contributed by atoms with E-state index in [0.29, 0.717) is 6.54 Å². The van der Waals surface area contributed by atoms with Gasteiger partial charge in [-0.15, -0.1) is 0 Å². The van der Waals surface area contributed by atoms with Crippen molar-refractivity contribution in [3.63, 3.8) is 0 Å². The van der Waals surface area contributed by atoms with E-state index in [2.05, 4.69) is 33.3 Å². The first-order chi connectivity index (χ1) is 13.2. The van der Waals surface area contributed by atoms with Crippen molar-refractivity contribution < 1.29 is 9.47 Å². The monoisotopic (exact) mass is 385 g/mol. The lowest BCUT2D eigenvalue weighted by atomic mass is 10.2. The van der Waals surface area contributed by atoms with Gasteiger partial charge in [-0.05, 0) is 36.0 Å². The van der Waals surface area contributed by atoms with Crippen LogP contribution >= 0.6 is 12.2 Å². The zero-order valence-electron chi connectivity index (χ0n) is 16.0. The highest BCUT2D eigenvalue weighted by atomic mass is 32.1. The molecule has 1 aliphatic rings. The summed E-state index contributed by atoms with van der Waals surface area (Å²) in [5.41, 5.74) is 2.42. The molecule has 1 saturated heterocycles. The highest BCUT2D eigenvalue weighted by Crippen LogP contribution is 2.17. The Balaban J connectivity index is 1.44. The predicted molar refractivity (Wildman–Crippen MR) is 112 cm³/mol. The van der Waals surface area contributed by atoms with Gasteiger partial charge in [-0.3, -0.25) is 4.90 Å². The maximum absolute atomic E-state index is 5.59. The molecule has 0 atom stereocenters. The largest absolute Gasteiger partial charge is 0.497 e. The van der Waals surface area contributed by atoms with Crippen LogP contribution in [0.2, 0.25) is 0 Å². The molecule has 6 heteroatoms. The van der Waals surface area contributed by atoms with Gasteiger partial charge in [-0.25, -0.2) is 0 Å². The average Bonchev–Trinajstić information content (AvgIpc) is 2.73. The Morgan fingerprint density at radius 2 is 1.67 bits per heavy atom. The summed E-state index contributed by atoms with van der Waals surface area (Å²) in [6, 6.07) is 16.3. The van der Waals surface area contributed by atoms with Gasteiger partial charge in [0, 0.05) is 44.8 Å². The van der Waals surface area contributed by atoms with Crippen LogP contribution in [0.1, 0.15) is 11.1 Å². The van der Waals surface area contributed by atoms with E-state index >= 15 is 0 Å². The molecule has 2 aromatic rings. The number of thiocarbonyl (C=S) groups is 1. The summed E-state index contributed by atoms with van der Waals surface area (Å²) in [5, 5.41) is 4.18. The number of hydrogen-bond acceptors (Lipinski definition) is 4. The van der Waals surface area contributed by atoms with Crippen LogP contribution in [0, 0.1) is 0 Å². The van der Waals surface area contributed by atoms with Gasteiger partial charge in [0.05, 0.1) is 14.2 Å². The number of piperazine rings is 1. The zero-order valence-corrected chi connectivity index (χ0v) is 16.8. The molecule has 0 aromatic heterocycles. The summed E-state index contributed by atoms with van der Waals surface area (Å²) in [7, 11) is 3.39. The predicted octanol–water partition coefficient (Wildman–Crippen LogP) is 2.90. The van der Waals surface area contributed by atoms with Crippen molar-refractivity contribution in [1.82, 2.24) is 15.1 Å². The molecule has 1 fully saturated rings. The quantitative estimate of drug-likeness (QED) is 0.771. The third-order valence-corrected chi connectivity index (χ3v) is 5.25. The van der Waals surface area contributed by atoms with Crippen LogP contribution in [0.15, 0.2) is 48.5 Å². The van der Waals surface area contributed by atoms with Crippen LogP contribution in [0.5, 0.6) is 11.5 Å². The van der Waals surface area contributed by atoms with E-state index in [9.17, 15) is 0 Å². The smallest absolute Gasteiger partial charge is 0.169 e. The zero-order chi connectivity index (χ0) is 19.1. The van der Waals surface area contributed by atoms with E-state index in [4.69, 9.17) is 21.7 Å². The van der Waals surface area contributed by atoms with E-state index in [1.54, 1.807) is 14.2 Å². The Labute approximate surface area is 166 Å². The van der Waals surface area contributed by atoms with Crippen LogP contribution < -0.4 is 14.8 Å². The van der Waals surface area contributed by atoms with Crippen molar-refractivity contribution in [2.24, 2.45) is 0 Å². The van der Waals surface area contributed by atoms with Crippen molar-refractivity contribution in [3.05, 3.63) is 59.7 Å². The second kappa shape index (κ2) is 9.58. The summed E-state index contributed by atoms with van der Waals surface area (Å²) >= 11 is 5.59. The number of hydrogen-bond donors (Lipinski definition) is 1. The number of methoxy groups -OCH3 is 2. The lowest BCUT2D eigenvalue weighted by Crippen LogP contribution is -2.51. The second-order valence-electron chi connectivity index (χ2n) is 6.58. The average molecular weight is 386 g/mol. The minimum Gasteiger partial charge on any atom is -0.497 e. The summed E-state index contributed by atoms with van der Waals surface area (Å²) in [6.45, 7) is 5.51. The summed E-state index contributed by atoms with van der Waals surface area (Å²) in [4.78, 5) is 4.70. The molecule has 0 amide bonds. The second-order valence-corrected chi connectivity index (χ2v) is 6.97. The highest BCUT2D eigenvalue weighted by Gasteiger charge is 2.19. The van der Waals surface area contributed by atoms with Gasteiger partial charge in [0.25, 0.3) is 0 Å². The fourth-order valence-electron chi connectivity index (χ4n) is 3.23. The Morgan fingerprint density at radius 1 is 0.963 bits per heavy atom. The third-order valence-electron chi connectivity index (χ3n) is 4.85.